The van der Waals surface area contributed by atoms with Crippen LogP contribution in [-0.4, -0.2) is 49.5 Å². The van der Waals surface area contributed by atoms with Crippen LogP contribution in [-0.2, 0) is 11.1 Å². The zero-order chi connectivity index (χ0) is 18.0. The molecule has 0 radical (unpaired) electrons. The molecule has 0 aromatic heterocycles. The van der Waals surface area contributed by atoms with E-state index in [1.807, 2.05) is 0 Å². The van der Waals surface area contributed by atoms with Crippen molar-refractivity contribution < 1.29 is 8.76 Å². The SMILES string of the molecule is CC1CCCC(N2CC(S(=O)O)C(N=C(N)N)(C3CCCCC3)C2)C1. The van der Waals surface area contributed by atoms with Crippen molar-refractivity contribution in [1.29, 1.82) is 0 Å². The van der Waals surface area contributed by atoms with Crippen molar-refractivity contribution in [3.63, 3.8) is 0 Å². The maximum absolute atomic E-state index is 12.3. The molecule has 1 heterocycles. The van der Waals surface area contributed by atoms with E-state index in [0.29, 0.717) is 18.5 Å². The van der Waals surface area contributed by atoms with E-state index < -0.39 is 21.9 Å². The second-order valence-corrected chi connectivity index (χ2v) is 9.60. The molecule has 0 aromatic rings. The van der Waals surface area contributed by atoms with Gasteiger partial charge in [0, 0.05) is 19.1 Å². The number of hydrogen-bond acceptors (Lipinski definition) is 3. The average Bonchev–Trinajstić information content (AvgIpc) is 2.96. The van der Waals surface area contributed by atoms with Crippen molar-refractivity contribution in [3.05, 3.63) is 0 Å². The van der Waals surface area contributed by atoms with Gasteiger partial charge in [-0.15, -0.1) is 0 Å². The normalized spacial score (nSPS) is 39.2. The number of hydrogen-bond donors (Lipinski definition) is 3. The van der Waals surface area contributed by atoms with Gasteiger partial charge in [0.2, 0.25) is 0 Å². The fourth-order valence-corrected chi connectivity index (χ4v) is 6.53. The number of nitrogens with two attached hydrogens (primary N) is 2. The van der Waals surface area contributed by atoms with Crippen LogP contribution in [0.3, 0.4) is 0 Å². The maximum Gasteiger partial charge on any atom is 0.186 e. The molecule has 144 valence electrons. The van der Waals surface area contributed by atoms with Crippen molar-refractivity contribution in [3.8, 4) is 0 Å². The quantitative estimate of drug-likeness (QED) is 0.399. The molecule has 6 nitrogen and oxygen atoms in total. The first-order valence-corrected chi connectivity index (χ1v) is 11.0. The average molecular weight is 371 g/mol. The molecule has 0 aromatic carbocycles. The highest BCUT2D eigenvalue weighted by molar-refractivity contribution is 7.80. The Kier molecular flexibility index (Phi) is 6.06. The van der Waals surface area contributed by atoms with Crippen LogP contribution in [0.25, 0.3) is 0 Å². The van der Waals surface area contributed by atoms with Crippen LogP contribution >= 0.6 is 0 Å². The van der Waals surface area contributed by atoms with Crippen molar-refractivity contribution in [2.24, 2.45) is 28.3 Å². The molecule has 1 aliphatic heterocycles. The molecule has 7 heteroatoms. The fraction of sp³-hybridized carbons (Fsp3) is 0.944. The Morgan fingerprint density at radius 2 is 1.88 bits per heavy atom. The van der Waals surface area contributed by atoms with Gasteiger partial charge in [-0.1, -0.05) is 39.0 Å². The van der Waals surface area contributed by atoms with Crippen molar-refractivity contribution in [1.82, 2.24) is 4.90 Å². The van der Waals surface area contributed by atoms with E-state index in [1.54, 1.807) is 0 Å². The van der Waals surface area contributed by atoms with Crippen LogP contribution in [0.2, 0.25) is 0 Å². The lowest BCUT2D eigenvalue weighted by Gasteiger charge is -2.40. The molecule has 3 rings (SSSR count). The third kappa shape index (κ3) is 4.03. The molecule has 5 unspecified atom stereocenters. The molecule has 3 fully saturated rings. The summed E-state index contributed by atoms with van der Waals surface area (Å²) >= 11 is -1.92. The Morgan fingerprint density at radius 3 is 2.48 bits per heavy atom. The minimum absolute atomic E-state index is 0.0554. The molecular formula is C18H34N4O2S. The molecule has 0 spiro atoms. The highest BCUT2D eigenvalue weighted by Crippen LogP contribution is 2.44. The Labute approximate surface area is 154 Å². The van der Waals surface area contributed by atoms with E-state index in [9.17, 15) is 8.76 Å². The van der Waals surface area contributed by atoms with E-state index in [-0.39, 0.29) is 5.96 Å². The second kappa shape index (κ2) is 7.92. The molecular weight excluding hydrogens is 336 g/mol. The van der Waals surface area contributed by atoms with Crippen LogP contribution in [0.1, 0.15) is 64.7 Å². The van der Waals surface area contributed by atoms with Gasteiger partial charge < -0.3 is 16.0 Å². The Bertz CT molecular complexity index is 519. The van der Waals surface area contributed by atoms with Crippen molar-refractivity contribution in [2.45, 2.75) is 81.5 Å². The van der Waals surface area contributed by atoms with Gasteiger partial charge in [0.25, 0.3) is 0 Å². The maximum atomic E-state index is 12.3. The number of guanidine groups is 1. The topological polar surface area (TPSA) is 105 Å². The molecule has 3 aliphatic rings. The van der Waals surface area contributed by atoms with Crippen molar-refractivity contribution in [2.75, 3.05) is 13.1 Å². The van der Waals surface area contributed by atoms with Gasteiger partial charge in [-0.05, 0) is 37.5 Å². The summed E-state index contributed by atoms with van der Waals surface area (Å²) in [5, 5.41) is -0.394. The van der Waals surface area contributed by atoms with E-state index in [1.165, 1.54) is 32.1 Å². The van der Waals surface area contributed by atoms with Crippen LogP contribution in [0.15, 0.2) is 4.99 Å². The monoisotopic (exact) mass is 370 g/mol. The Hall–Kier alpha value is -0.660. The molecule has 25 heavy (non-hydrogen) atoms. The van der Waals surface area contributed by atoms with Gasteiger partial charge in [0.1, 0.15) is 0 Å². The predicted molar refractivity (Wildman–Crippen MR) is 103 cm³/mol. The lowest BCUT2D eigenvalue weighted by molar-refractivity contribution is 0.138. The standard InChI is InChI=1S/C18H34N4O2S/c1-13-6-5-9-15(10-13)22-11-16(25(23)24)18(12-22,21-17(19)20)14-7-3-2-4-8-14/h13-16H,2-12H2,1H3,(H,23,24)(H4,19,20,21). The summed E-state index contributed by atoms with van der Waals surface area (Å²) in [5.41, 5.74) is 11.0. The summed E-state index contributed by atoms with van der Waals surface area (Å²) in [6.07, 6.45) is 10.6. The van der Waals surface area contributed by atoms with Gasteiger partial charge in [-0.2, -0.15) is 0 Å². The largest absolute Gasteiger partial charge is 0.370 e. The smallest absolute Gasteiger partial charge is 0.186 e. The third-order valence-corrected chi connectivity index (χ3v) is 7.78. The summed E-state index contributed by atoms with van der Waals surface area (Å²) in [5.74, 6) is 1.08. The van der Waals surface area contributed by atoms with Gasteiger partial charge in [0.05, 0.1) is 10.8 Å². The van der Waals surface area contributed by atoms with Crippen LogP contribution < -0.4 is 11.5 Å². The lowest BCUT2D eigenvalue weighted by Crippen LogP contribution is -2.51. The number of aliphatic imine (C=N–C) groups is 1. The summed E-state index contributed by atoms with van der Waals surface area (Å²) in [6, 6.07) is 0.495. The second-order valence-electron chi connectivity index (χ2n) is 8.48. The fourth-order valence-electron chi connectivity index (χ4n) is 5.55. The Morgan fingerprint density at radius 1 is 1.16 bits per heavy atom. The van der Waals surface area contributed by atoms with Crippen LogP contribution in [0.5, 0.6) is 0 Å². The van der Waals surface area contributed by atoms with Gasteiger partial charge in [-0.25, -0.2) is 9.20 Å². The highest BCUT2D eigenvalue weighted by atomic mass is 32.2. The first-order valence-electron chi connectivity index (χ1n) is 9.87. The van der Waals surface area contributed by atoms with Gasteiger partial charge in [0.15, 0.2) is 17.0 Å². The number of rotatable bonds is 4. The van der Waals surface area contributed by atoms with E-state index in [2.05, 4.69) is 16.8 Å². The first kappa shape index (κ1) is 19.1. The zero-order valence-electron chi connectivity index (χ0n) is 15.4. The molecule has 2 saturated carbocycles. The minimum atomic E-state index is -1.92. The Balaban J connectivity index is 1.90. The van der Waals surface area contributed by atoms with E-state index in [4.69, 9.17) is 11.5 Å². The zero-order valence-corrected chi connectivity index (χ0v) is 16.2. The molecule has 2 aliphatic carbocycles. The molecule has 5 N–H and O–H groups in total. The third-order valence-electron chi connectivity index (χ3n) is 6.73. The highest BCUT2D eigenvalue weighted by Gasteiger charge is 2.55. The summed E-state index contributed by atoms with van der Waals surface area (Å²) in [6.45, 7) is 3.67. The first-order chi connectivity index (χ1) is 11.9. The lowest BCUT2D eigenvalue weighted by atomic mass is 9.74. The molecule has 1 saturated heterocycles. The van der Waals surface area contributed by atoms with Gasteiger partial charge >= 0.3 is 0 Å². The molecule has 5 atom stereocenters. The summed E-state index contributed by atoms with van der Waals surface area (Å²) < 4.78 is 22.4. The van der Waals surface area contributed by atoms with E-state index in [0.717, 1.165) is 38.1 Å². The summed E-state index contributed by atoms with van der Waals surface area (Å²) in [4.78, 5) is 7.10. The predicted octanol–water partition coefficient (Wildman–Crippen LogP) is 2.06. The minimum Gasteiger partial charge on any atom is -0.370 e. The van der Waals surface area contributed by atoms with Crippen LogP contribution in [0, 0.1) is 11.8 Å². The van der Waals surface area contributed by atoms with Crippen LogP contribution in [0.4, 0.5) is 0 Å². The molecule has 0 amide bonds. The summed E-state index contributed by atoms with van der Waals surface area (Å²) in [7, 11) is 0. The van der Waals surface area contributed by atoms with E-state index >= 15 is 0 Å². The number of nitrogens with zero attached hydrogens (tertiary/aromatic N) is 2. The number of likely N-dealkylation sites (tertiary alicyclic amines) is 1. The van der Waals surface area contributed by atoms with Gasteiger partial charge in [-0.3, -0.25) is 4.90 Å². The molecule has 0 bridgehead atoms. The van der Waals surface area contributed by atoms with Crippen molar-refractivity contribution >= 4 is 17.0 Å².